The fraction of sp³-hybridized carbons (Fsp3) is 0.688. The maximum Gasteiger partial charge on any atom is 0.332 e. The topological polar surface area (TPSA) is 90.3 Å². The van der Waals surface area contributed by atoms with E-state index >= 15 is 0 Å². The number of ketones is 1. The lowest BCUT2D eigenvalue weighted by atomic mass is 9.89. The summed E-state index contributed by atoms with van der Waals surface area (Å²) >= 11 is 0. The van der Waals surface area contributed by atoms with E-state index in [2.05, 4.69) is 0 Å². The van der Waals surface area contributed by atoms with Crippen LogP contribution in [0.4, 0.5) is 5.82 Å². The van der Waals surface area contributed by atoms with Gasteiger partial charge in [0, 0.05) is 20.6 Å². The van der Waals surface area contributed by atoms with Crippen LogP contribution in [-0.4, -0.2) is 40.0 Å². The Hall–Kier alpha value is -1.89. The number of nitrogen functional groups attached to an aromatic ring is 1. The predicted molar refractivity (Wildman–Crippen MR) is 89.7 cm³/mol. The Balaban J connectivity index is 2.14. The van der Waals surface area contributed by atoms with Gasteiger partial charge in [0.2, 0.25) is 0 Å². The monoisotopic (exact) mass is 322 g/mol. The van der Waals surface area contributed by atoms with Crippen molar-refractivity contribution in [2.75, 3.05) is 25.9 Å². The highest BCUT2D eigenvalue weighted by molar-refractivity contribution is 6.01. The van der Waals surface area contributed by atoms with E-state index in [1.54, 1.807) is 0 Å². The molecule has 7 heteroatoms. The maximum atomic E-state index is 12.5. The molecule has 0 bridgehead atoms. The molecule has 0 aliphatic heterocycles. The van der Waals surface area contributed by atoms with Gasteiger partial charge in [0.05, 0.1) is 6.54 Å². The first-order chi connectivity index (χ1) is 10.8. The first kappa shape index (κ1) is 17.5. The molecule has 2 N–H and O–H groups in total. The molecule has 0 spiro atoms. The van der Waals surface area contributed by atoms with Gasteiger partial charge in [-0.15, -0.1) is 0 Å². The average Bonchev–Trinajstić information content (AvgIpc) is 2.52. The first-order valence-electron chi connectivity index (χ1n) is 8.10. The third-order valence-electron chi connectivity index (χ3n) is 4.70. The maximum absolute atomic E-state index is 12.5. The zero-order valence-corrected chi connectivity index (χ0v) is 14.2. The fourth-order valence-corrected chi connectivity index (χ4v) is 3.32. The molecule has 7 nitrogen and oxygen atoms in total. The van der Waals surface area contributed by atoms with E-state index < -0.39 is 11.2 Å². The number of carbonyl (C=O) groups excluding carboxylic acids is 1. The lowest BCUT2D eigenvalue weighted by Gasteiger charge is -2.26. The molecule has 0 saturated heterocycles. The highest BCUT2D eigenvalue weighted by Crippen LogP contribution is 2.24. The van der Waals surface area contributed by atoms with E-state index in [0.717, 1.165) is 15.7 Å². The molecule has 1 aliphatic rings. The third kappa shape index (κ3) is 3.72. The van der Waals surface area contributed by atoms with Crippen molar-refractivity contribution in [3.8, 4) is 0 Å². The van der Waals surface area contributed by atoms with Crippen molar-refractivity contribution in [1.29, 1.82) is 0 Å². The highest BCUT2D eigenvalue weighted by atomic mass is 16.2. The largest absolute Gasteiger partial charge is 0.384 e. The van der Waals surface area contributed by atoms with Crippen molar-refractivity contribution >= 4 is 11.6 Å². The molecule has 1 aromatic heterocycles. The number of carbonyl (C=O) groups is 1. The van der Waals surface area contributed by atoms with Gasteiger partial charge >= 0.3 is 5.69 Å². The van der Waals surface area contributed by atoms with Crippen molar-refractivity contribution in [2.24, 2.45) is 20.0 Å². The molecule has 1 fully saturated rings. The Morgan fingerprint density at radius 3 is 2.39 bits per heavy atom. The number of likely N-dealkylation sites (N-methyl/N-ethyl adjacent to an activating group) is 1. The number of anilines is 1. The number of hydrogen-bond donors (Lipinski definition) is 1. The smallest absolute Gasteiger partial charge is 0.332 e. The van der Waals surface area contributed by atoms with Crippen LogP contribution in [0.5, 0.6) is 0 Å². The lowest BCUT2D eigenvalue weighted by Crippen LogP contribution is -2.43. The summed E-state index contributed by atoms with van der Waals surface area (Å²) in [4.78, 5) is 38.5. The first-order valence-corrected chi connectivity index (χ1v) is 8.10. The molecule has 0 aromatic carbocycles. The second-order valence-electron chi connectivity index (χ2n) is 6.59. The number of nitrogens with two attached hydrogens (primary N) is 1. The molecule has 0 radical (unpaired) electrons. The van der Waals surface area contributed by atoms with Gasteiger partial charge in [-0.2, -0.15) is 0 Å². The molecule has 1 heterocycles. The Bertz CT molecular complexity index is 699. The van der Waals surface area contributed by atoms with Gasteiger partial charge in [-0.25, -0.2) is 4.79 Å². The van der Waals surface area contributed by atoms with Gasteiger partial charge in [-0.1, -0.05) is 19.3 Å². The van der Waals surface area contributed by atoms with Crippen LogP contribution in [0, 0.1) is 5.92 Å². The molecule has 0 unspecified atom stereocenters. The lowest BCUT2D eigenvalue weighted by molar-refractivity contribution is 0.0930. The molecule has 0 atom stereocenters. The summed E-state index contributed by atoms with van der Waals surface area (Å²) in [6.45, 7) is 0.978. The quantitative estimate of drug-likeness (QED) is 0.791. The number of rotatable bonds is 5. The molecule has 2 rings (SSSR count). The third-order valence-corrected chi connectivity index (χ3v) is 4.70. The zero-order chi connectivity index (χ0) is 17.1. The molecule has 128 valence electrons. The molecule has 1 aliphatic carbocycles. The Morgan fingerprint density at radius 1 is 1.17 bits per heavy atom. The summed E-state index contributed by atoms with van der Waals surface area (Å²) in [7, 11) is 4.70. The summed E-state index contributed by atoms with van der Waals surface area (Å²) in [5.74, 6) is 0.216. The number of nitrogens with zero attached hydrogens (tertiary/aromatic N) is 3. The van der Waals surface area contributed by atoms with Gasteiger partial charge in [-0.05, 0) is 25.8 Å². The Labute approximate surface area is 135 Å². The standard InChI is InChI=1S/C16H26N4O3/c1-18(9-11-7-5-4-6-8-11)10-12(21)13-14(17)19(2)16(23)20(3)15(13)22/h11H,4-10,17H2,1-3H3. The second-order valence-corrected chi connectivity index (χ2v) is 6.59. The summed E-state index contributed by atoms with van der Waals surface area (Å²) in [6, 6.07) is 0. The van der Waals surface area contributed by atoms with Crippen LogP contribution in [0.25, 0.3) is 0 Å². The van der Waals surface area contributed by atoms with Crippen LogP contribution >= 0.6 is 0 Å². The molecule has 23 heavy (non-hydrogen) atoms. The molecule has 0 amide bonds. The Morgan fingerprint density at radius 2 is 1.78 bits per heavy atom. The minimum atomic E-state index is -0.623. The van der Waals surface area contributed by atoms with Gasteiger partial charge in [0.1, 0.15) is 11.4 Å². The van der Waals surface area contributed by atoms with Crippen molar-refractivity contribution in [1.82, 2.24) is 14.0 Å². The van der Waals surface area contributed by atoms with Gasteiger partial charge in [-0.3, -0.25) is 23.6 Å². The fourth-order valence-electron chi connectivity index (χ4n) is 3.32. The van der Waals surface area contributed by atoms with Crippen molar-refractivity contribution in [3.63, 3.8) is 0 Å². The van der Waals surface area contributed by atoms with Crippen LogP contribution < -0.4 is 17.0 Å². The van der Waals surface area contributed by atoms with Crippen molar-refractivity contribution in [2.45, 2.75) is 32.1 Å². The predicted octanol–water partition coefficient (Wildman–Crippen LogP) is 0.361. The summed E-state index contributed by atoms with van der Waals surface area (Å²) in [5.41, 5.74) is 4.58. The summed E-state index contributed by atoms with van der Waals surface area (Å²) < 4.78 is 2.06. The minimum absolute atomic E-state index is 0.0610. The molecule has 1 saturated carbocycles. The molecular weight excluding hydrogens is 296 g/mol. The Kier molecular flexibility index (Phi) is 5.41. The van der Waals surface area contributed by atoms with Gasteiger partial charge < -0.3 is 5.73 Å². The number of hydrogen-bond acceptors (Lipinski definition) is 5. The van der Waals surface area contributed by atoms with Crippen LogP contribution in [0.2, 0.25) is 0 Å². The van der Waals surface area contributed by atoms with Crippen LogP contribution in [0.15, 0.2) is 9.59 Å². The zero-order valence-electron chi connectivity index (χ0n) is 14.2. The minimum Gasteiger partial charge on any atom is -0.384 e. The molecule has 1 aromatic rings. The van der Waals surface area contributed by atoms with Crippen molar-refractivity contribution in [3.05, 3.63) is 26.4 Å². The van der Waals surface area contributed by atoms with E-state index in [4.69, 9.17) is 5.73 Å². The van der Waals surface area contributed by atoms with Crippen molar-refractivity contribution < 1.29 is 4.79 Å². The van der Waals surface area contributed by atoms with E-state index in [0.29, 0.717) is 5.92 Å². The summed E-state index contributed by atoms with van der Waals surface area (Å²) in [6.07, 6.45) is 6.19. The molecular formula is C16H26N4O3. The number of Topliss-reactive ketones (excluding diaryl/α,β-unsaturated/α-hetero) is 1. The van der Waals surface area contributed by atoms with E-state index in [1.807, 2.05) is 11.9 Å². The second kappa shape index (κ2) is 7.12. The summed E-state index contributed by atoms with van der Waals surface area (Å²) in [5, 5.41) is 0. The van der Waals surface area contributed by atoms with Crippen LogP contribution in [0.1, 0.15) is 42.5 Å². The normalized spacial score (nSPS) is 16.0. The SMILES string of the molecule is CN(CC(=O)c1c(N)n(C)c(=O)n(C)c1=O)CC1CCCCC1. The van der Waals surface area contributed by atoms with Gasteiger partial charge in [0.25, 0.3) is 5.56 Å². The van der Waals surface area contributed by atoms with Crippen LogP contribution in [-0.2, 0) is 14.1 Å². The van der Waals surface area contributed by atoms with E-state index in [9.17, 15) is 14.4 Å². The average molecular weight is 322 g/mol. The number of aromatic nitrogens is 2. The highest BCUT2D eigenvalue weighted by Gasteiger charge is 2.22. The van der Waals surface area contributed by atoms with Gasteiger partial charge in [0.15, 0.2) is 5.78 Å². The van der Waals surface area contributed by atoms with E-state index in [1.165, 1.54) is 46.2 Å². The van der Waals surface area contributed by atoms with Crippen LogP contribution in [0.3, 0.4) is 0 Å². The van der Waals surface area contributed by atoms with E-state index in [-0.39, 0.29) is 23.7 Å².